The summed E-state index contributed by atoms with van der Waals surface area (Å²) in [5.74, 6) is 0. The van der Waals surface area contributed by atoms with E-state index in [1.54, 1.807) is 48.8 Å². The average Bonchev–Trinajstić information content (AvgIpc) is 2.61. The van der Waals surface area contributed by atoms with E-state index in [0.717, 1.165) is 10.8 Å². The first-order chi connectivity index (χ1) is 11.1. The summed E-state index contributed by atoms with van der Waals surface area (Å²) in [7, 11) is -3.60. The Balaban J connectivity index is 1.89. The second-order valence-corrected chi connectivity index (χ2v) is 7.17. The van der Waals surface area contributed by atoms with Crippen LogP contribution in [0.3, 0.4) is 0 Å². The van der Waals surface area contributed by atoms with Crippen molar-refractivity contribution in [3.05, 3.63) is 73.1 Å². The van der Waals surface area contributed by atoms with Crippen LogP contribution in [0.15, 0.2) is 82.8 Å². The Morgan fingerprint density at radius 3 is 1.61 bits per heavy atom. The van der Waals surface area contributed by atoms with Gasteiger partial charge in [0.2, 0.25) is 9.84 Å². The lowest BCUT2D eigenvalue weighted by molar-refractivity contribution is 0.596. The Morgan fingerprint density at radius 1 is 0.652 bits per heavy atom. The van der Waals surface area contributed by atoms with E-state index in [1.165, 1.54) is 0 Å². The first-order valence-electron chi connectivity index (χ1n) is 7.09. The molecule has 0 fully saturated rings. The van der Waals surface area contributed by atoms with Crippen molar-refractivity contribution in [1.29, 1.82) is 0 Å². The van der Waals surface area contributed by atoms with Crippen molar-refractivity contribution < 1.29 is 8.42 Å². The summed E-state index contributed by atoms with van der Waals surface area (Å²) in [6.07, 6.45) is 3.30. The summed E-state index contributed by atoms with van der Waals surface area (Å²) < 4.78 is 25.7. The Morgan fingerprint density at radius 2 is 1.13 bits per heavy atom. The Hall–Kier alpha value is -2.79. The van der Waals surface area contributed by atoms with Gasteiger partial charge in [0.1, 0.15) is 0 Å². The lowest BCUT2D eigenvalue weighted by Crippen LogP contribution is -2.02. The molecular formula is C18H12N2O2S. The van der Waals surface area contributed by atoms with Crippen molar-refractivity contribution in [1.82, 2.24) is 9.97 Å². The second kappa shape index (κ2) is 5.14. The first kappa shape index (κ1) is 13.8. The van der Waals surface area contributed by atoms with Crippen LogP contribution in [0.1, 0.15) is 0 Å². The smallest absolute Gasteiger partial charge is 0.206 e. The molecule has 0 saturated heterocycles. The van der Waals surface area contributed by atoms with Crippen LogP contribution in [0.25, 0.3) is 21.8 Å². The van der Waals surface area contributed by atoms with E-state index in [-0.39, 0.29) is 9.79 Å². The van der Waals surface area contributed by atoms with Gasteiger partial charge in [-0.05, 0) is 36.4 Å². The number of rotatable bonds is 2. The fourth-order valence-corrected chi connectivity index (χ4v) is 3.86. The minimum absolute atomic E-state index is 0.235. The van der Waals surface area contributed by atoms with Crippen LogP contribution in [0.4, 0.5) is 0 Å². The van der Waals surface area contributed by atoms with Crippen LogP contribution < -0.4 is 0 Å². The molecule has 4 aromatic rings. The van der Waals surface area contributed by atoms with E-state index < -0.39 is 9.84 Å². The molecule has 5 heteroatoms. The highest BCUT2D eigenvalue weighted by Gasteiger charge is 2.18. The van der Waals surface area contributed by atoms with Crippen molar-refractivity contribution in [3.8, 4) is 0 Å². The van der Waals surface area contributed by atoms with Gasteiger partial charge in [0, 0.05) is 23.2 Å². The minimum atomic E-state index is -3.60. The molecule has 0 atom stereocenters. The van der Waals surface area contributed by atoms with Gasteiger partial charge in [0.15, 0.2) is 0 Å². The van der Waals surface area contributed by atoms with E-state index in [2.05, 4.69) is 9.97 Å². The molecule has 2 aromatic carbocycles. The third-order valence-electron chi connectivity index (χ3n) is 3.78. The van der Waals surface area contributed by atoms with Crippen molar-refractivity contribution in [2.45, 2.75) is 9.79 Å². The summed E-state index contributed by atoms with van der Waals surface area (Å²) in [5, 5.41) is 1.82. The number of hydrogen-bond donors (Lipinski definition) is 0. The number of pyridine rings is 2. The summed E-state index contributed by atoms with van der Waals surface area (Å²) in [5.41, 5.74) is 1.32. The summed E-state index contributed by atoms with van der Waals surface area (Å²) in [6.45, 7) is 0. The molecule has 0 bridgehead atoms. The average molecular weight is 320 g/mol. The number of sulfone groups is 1. The molecule has 0 aliphatic heterocycles. The predicted octanol–water partition coefficient (Wildman–Crippen LogP) is 3.62. The number of aromatic nitrogens is 2. The maximum absolute atomic E-state index is 12.9. The van der Waals surface area contributed by atoms with Crippen LogP contribution in [0.5, 0.6) is 0 Å². The number of fused-ring (bicyclic) bond motifs is 2. The zero-order valence-corrected chi connectivity index (χ0v) is 12.9. The summed E-state index contributed by atoms with van der Waals surface area (Å²) >= 11 is 0. The predicted molar refractivity (Wildman–Crippen MR) is 88.9 cm³/mol. The van der Waals surface area contributed by atoms with E-state index in [4.69, 9.17) is 0 Å². The third kappa shape index (κ3) is 2.35. The van der Waals surface area contributed by atoms with E-state index in [1.807, 2.05) is 24.3 Å². The van der Waals surface area contributed by atoms with Crippen molar-refractivity contribution in [3.63, 3.8) is 0 Å². The molecule has 0 spiro atoms. The van der Waals surface area contributed by atoms with Crippen molar-refractivity contribution in [2.75, 3.05) is 0 Å². The molecule has 0 aliphatic carbocycles. The molecule has 0 saturated carbocycles. The van der Waals surface area contributed by atoms with Gasteiger partial charge in [-0.25, -0.2) is 8.42 Å². The number of hydrogen-bond acceptors (Lipinski definition) is 4. The second-order valence-electron chi connectivity index (χ2n) is 5.22. The Labute approximate surface area is 133 Å². The minimum Gasteiger partial charge on any atom is -0.256 e. The molecule has 23 heavy (non-hydrogen) atoms. The van der Waals surface area contributed by atoms with Gasteiger partial charge in [-0.1, -0.05) is 24.3 Å². The molecule has 0 amide bonds. The van der Waals surface area contributed by atoms with Gasteiger partial charge in [-0.15, -0.1) is 0 Å². The van der Waals surface area contributed by atoms with Gasteiger partial charge in [-0.2, -0.15) is 0 Å². The summed E-state index contributed by atoms with van der Waals surface area (Å²) in [4.78, 5) is 8.91. The highest BCUT2D eigenvalue weighted by molar-refractivity contribution is 7.91. The van der Waals surface area contributed by atoms with Crippen LogP contribution in [-0.4, -0.2) is 18.4 Å². The maximum atomic E-state index is 12.9. The first-order valence-corrected chi connectivity index (χ1v) is 8.58. The largest absolute Gasteiger partial charge is 0.256 e. The van der Waals surface area contributed by atoms with E-state index >= 15 is 0 Å². The number of nitrogens with zero attached hydrogens (tertiary/aromatic N) is 2. The monoisotopic (exact) mass is 320 g/mol. The van der Waals surface area contributed by atoms with Gasteiger partial charge in [0.25, 0.3) is 0 Å². The normalized spacial score (nSPS) is 11.8. The SMILES string of the molecule is O=S(=O)(c1ccc2cccnc2c1)c1ccc2cccnc2c1. The van der Waals surface area contributed by atoms with Crippen LogP contribution in [0, 0.1) is 0 Å². The lowest BCUT2D eigenvalue weighted by Gasteiger charge is -2.07. The Bertz CT molecular complexity index is 1050. The fraction of sp³-hybridized carbons (Fsp3) is 0. The van der Waals surface area contributed by atoms with Crippen LogP contribution in [0.2, 0.25) is 0 Å². The van der Waals surface area contributed by atoms with E-state index in [0.29, 0.717) is 11.0 Å². The molecule has 2 aromatic heterocycles. The topological polar surface area (TPSA) is 59.9 Å². The molecule has 0 unspecified atom stereocenters. The zero-order chi connectivity index (χ0) is 15.9. The van der Waals surface area contributed by atoms with Gasteiger partial charge in [-0.3, -0.25) is 9.97 Å². The molecular weight excluding hydrogens is 308 g/mol. The maximum Gasteiger partial charge on any atom is 0.206 e. The third-order valence-corrected chi connectivity index (χ3v) is 5.52. The molecule has 112 valence electrons. The highest BCUT2D eigenvalue weighted by Crippen LogP contribution is 2.25. The zero-order valence-electron chi connectivity index (χ0n) is 12.0. The molecule has 0 aliphatic rings. The van der Waals surface area contributed by atoms with Gasteiger partial charge < -0.3 is 0 Å². The molecule has 2 heterocycles. The summed E-state index contributed by atoms with van der Waals surface area (Å²) in [6, 6.07) is 17.4. The molecule has 4 nitrogen and oxygen atoms in total. The fourth-order valence-electron chi connectivity index (χ4n) is 2.56. The molecule has 0 radical (unpaired) electrons. The molecule has 4 rings (SSSR count). The van der Waals surface area contributed by atoms with Crippen LogP contribution >= 0.6 is 0 Å². The molecule has 0 N–H and O–H groups in total. The van der Waals surface area contributed by atoms with Crippen molar-refractivity contribution >= 4 is 31.6 Å². The van der Waals surface area contributed by atoms with Crippen LogP contribution in [-0.2, 0) is 9.84 Å². The Kier molecular flexibility index (Phi) is 3.09. The number of benzene rings is 2. The lowest BCUT2D eigenvalue weighted by atomic mass is 10.2. The van der Waals surface area contributed by atoms with Crippen molar-refractivity contribution in [2.24, 2.45) is 0 Å². The van der Waals surface area contributed by atoms with E-state index in [9.17, 15) is 8.42 Å². The quantitative estimate of drug-likeness (QED) is 0.566. The highest BCUT2D eigenvalue weighted by atomic mass is 32.2. The standard InChI is InChI=1S/C18H12N2O2S/c21-23(22,15-7-5-13-3-1-9-19-17(13)11-15)16-8-6-14-4-2-10-20-18(14)12-16/h1-12H. The van der Waals surface area contributed by atoms with Gasteiger partial charge >= 0.3 is 0 Å². The van der Waals surface area contributed by atoms with Gasteiger partial charge in [0.05, 0.1) is 20.8 Å².